The van der Waals surface area contributed by atoms with E-state index in [2.05, 4.69) is 0 Å². The Kier molecular flexibility index (Phi) is 4.68. The average Bonchev–Trinajstić information content (AvgIpc) is 2.82. The maximum atomic E-state index is 12.5. The molecule has 0 N–H and O–H groups in total. The van der Waals surface area contributed by atoms with Crippen molar-refractivity contribution in [1.82, 2.24) is 4.31 Å². The minimum atomic E-state index is -3.68. The lowest BCUT2D eigenvalue weighted by molar-refractivity contribution is -0.384. The number of thiophene rings is 1. The first-order valence-electron chi connectivity index (χ1n) is 6.30. The lowest BCUT2D eigenvalue weighted by Crippen LogP contribution is -2.39. The van der Waals surface area contributed by atoms with Crippen LogP contribution < -0.4 is 0 Å². The van der Waals surface area contributed by atoms with Gasteiger partial charge in [-0.2, -0.15) is 4.31 Å². The third-order valence-electron chi connectivity index (χ3n) is 3.50. The summed E-state index contributed by atoms with van der Waals surface area (Å²) in [4.78, 5) is 10.1. The van der Waals surface area contributed by atoms with Gasteiger partial charge >= 0.3 is 0 Å². The molecule has 1 aliphatic heterocycles. The Morgan fingerprint density at radius 3 is 2.85 bits per heavy atom. The van der Waals surface area contributed by atoms with E-state index in [9.17, 15) is 18.5 Å². The van der Waals surface area contributed by atoms with E-state index < -0.39 is 14.9 Å². The molecule has 1 fully saturated rings. The van der Waals surface area contributed by atoms with Gasteiger partial charge in [0.05, 0.1) is 4.92 Å². The van der Waals surface area contributed by atoms with Crippen molar-refractivity contribution in [3.05, 3.63) is 20.5 Å². The van der Waals surface area contributed by atoms with E-state index in [1.165, 1.54) is 4.31 Å². The molecule has 1 aromatic heterocycles. The summed E-state index contributed by atoms with van der Waals surface area (Å²) in [6.45, 7) is 2.97. The molecule has 0 bridgehead atoms. The summed E-state index contributed by atoms with van der Waals surface area (Å²) in [5, 5.41) is 10.8. The van der Waals surface area contributed by atoms with Crippen molar-refractivity contribution in [2.45, 2.75) is 30.4 Å². The molecule has 6 nitrogen and oxygen atoms in total. The number of sulfonamides is 1. The molecule has 112 valence electrons. The Morgan fingerprint density at radius 2 is 2.30 bits per heavy atom. The van der Waals surface area contributed by atoms with E-state index in [0.29, 0.717) is 19.0 Å². The second-order valence-corrected chi connectivity index (χ2v) is 8.58. The number of nitro groups is 1. The van der Waals surface area contributed by atoms with E-state index >= 15 is 0 Å². The van der Waals surface area contributed by atoms with Crippen LogP contribution in [0.15, 0.2) is 10.3 Å². The van der Waals surface area contributed by atoms with E-state index in [4.69, 9.17) is 11.6 Å². The molecule has 0 radical (unpaired) electrons. The highest BCUT2D eigenvalue weighted by Crippen LogP contribution is 2.38. The number of piperidine rings is 1. The molecule has 20 heavy (non-hydrogen) atoms. The molecule has 1 unspecified atom stereocenters. The second kappa shape index (κ2) is 5.97. The van der Waals surface area contributed by atoms with Crippen LogP contribution in [0.4, 0.5) is 5.69 Å². The first-order valence-corrected chi connectivity index (χ1v) is 8.93. The lowest BCUT2D eigenvalue weighted by atomic mass is 9.97. The molecular formula is C11H15ClN2O4S2. The molecule has 1 saturated heterocycles. The fraction of sp³-hybridized carbons (Fsp3) is 0.636. The van der Waals surface area contributed by atoms with Crippen LogP contribution in [0.5, 0.6) is 0 Å². The van der Waals surface area contributed by atoms with Crippen molar-refractivity contribution in [3.63, 3.8) is 0 Å². The van der Waals surface area contributed by atoms with Crippen molar-refractivity contribution in [3.8, 4) is 0 Å². The lowest BCUT2D eigenvalue weighted by Gasteiger charge is -2.30. The summed E-state index contributed by atoms with van der Waals surface area (Å²) in [6, 6.07) is 1.05. The molecule has 1 aliphatic rings. The first-order chi connectivity index (χ1) is 9.36. The van der Waals surface area contributed by atoms with Gasteiger partial charge in [-0.3, -0.25) is 10.1 Å². The Hall–Kier alpha value is -0.700. The number of hydrogen-bond acceptors (Lipinski definition) is 5. The van der Waals surface area contributed by atoms with Gasteiger partial charge < -0.3 is 0 Å². The van der Waals surface area contributed by atoms with Gasteiger partial charge in [0.2, 0.25) is 0 Å². The van der Waals surface area contributed by atoms with Crippen LogP contribution in [0, 0.1) is 16.0 Å². The second-order valence-electron chi connectivity index (χ2n) is 4.76. The van der Waals surface area contributed by atoms with Gasteiger partial charge in [-0.15, -0.1) is 11.3 Å². The van der Waals surface area contributed by atoms with Crippen LogP contribution in [0.3, 0.4) is 0 Å². The predicted molar refractivity (Wildman–Crippen MR) is 77.8 cm³/mol. The Morgan fingerprint density at radius 1 is 1.60 bits per heavy atom. The van der Waals surface area contributed by atoms with Crippen LogP contribution in [-0.2, 0) is 10.0 Å². The summed E-state index contributed by atoms with van der Waals surface area (Å²) in [6.07, 6.45) is 2.77. The fourth-order valence-electron chi connectivity index (χ4n) is 2.30. The van der Waals surface area contributed by atoms with E-state index in [-0.39, 0.29) is 14.2 Å². The molecule has 2 heterocycles. The Labute approximate surface area is 126 Å². The topological polar surface area (TPSA) is 80.5 Å². The smallest absolute Gasteiger partial charge is 0.258 e. The summed E-state index contributed by atoms with van der Waals surface area (Å²) >= 11 is 6.48. The van der Waals surface area contributed by atoms with E-state index in [1.807, 2.05) is 6.92 Å². The summed E-state index contributed by atoms with van der Waals surface area (Å²) in [5.74, 6) is 0.351. The molecule has 9 heteroatoms. The summed E-state index contributed by atoms with van der Waals surface area (Å²) in [5.41, 5.74) is -0.348. The minimum absolute atomic E-state index is 0.0500. The molecule has 0 amide bonds. The molecule has 0 aliphatic carbocycles. The van der Waals surface area contributed by atoms with Crippen molar-refractivity contribution in [2.75, 3.05) is 13.1 Å². The third-order valence-corrected chi connectivity index (χ3v) is 7.15. The van der Waals surface area contributed by atoms with Gasteiger partial charge in [0.15, 0.2) is 4.34 Å². The first kappa shape index (κ1) is 15.7. The molecule has 0 spiro atoms. The van der Waals surface area contributed by atoms with Gasteiger partial charge in [-0.05, 0) is 18.8 Å². The standard InChI is InChI=1S/C11H15ClN2O4S2/c1-2-8-4-3-5-13(7-8)20(17,18)10-6-9(14(15)16)11(12)19-10/h6,8H,2-5,7H2,1H3. The molecule has 2 rings (SSSR count). The number of rotatable bonds is 4. The highest BCUT2D eigenvalue weighted by atomic mass is 35.5. The zero-order chi connectivity index (χ0) is 14.9. The quantitative estimate of drug-likeness (QED) is 0.624. The Balaban J connectivity index is 2.30. The molecule has 1 atom stereocenters. The van der Waals surface area contributed by atoms with Crippen molar-refractivity contribution < 1.29 is 13.3 Å². The van der Waals surface area contributed by atoms with Gasteiger partial charge in [0, 0.05) is 19.2 Å². The number of halogens is 1. The van der Waals surface area contributed by atoms with Gasteiger partial charge in [-0.1, -0.05) is 24.9 Å². The normalized spacial score (nSPS) is 21.0. The average molecular weight is 339 g/mol. The highest BCUT2D eigenvalue weighted by Gasteiger charge is 2.33. The highest BCUT2D eigenvalue weighted by molar-refractivity contribution is 7.91. The zero-order valence-corrected chi connectivity index (χ0v) is 13.3. The maximum absolute atomic E-state index is 12.5. The van der Waals surface area contributed by atoms with Gasteiger partial charge in [0.1, 0.15) is 4.21 Å². The number of nitrogens with zero attached hydrogens (tertiary/aromatic N) is 2. The Bertz CT molecular complexity index is 614. The van der Waals surface area contributed by atoms with E-state index in [1.54, 1.807) is 0 Å². The van der Waals surface area contributed by atoms with Crippen molar-refractivity contribution >= 4 is 38.6 Å². The summed E-state index contributed by atoms with van der Waals surface area (Å²) in [7, 11) is -3.68. The predicted octanol–water partition coefficient (Wildman–Crippen LogP) is 3.12. The SMILES string of the molecule is CCC1CCCN(S(=O)(=O)c2cc([N+](=O)[O-])c(Cl)s2)C1. The molecule has 0 saturated carbocycles. The van der Waals surface area contributed by atoms with Gasteiger partial charge in [0.25, 0.3) is 15.7 Å². The van der Waals surface area contributed by atoms with Crippen LogP contribution in [0.25, 0.3) is 0 Å². The van der Waals surface area contributed by atoms with Crippen LogP contribution >= 0.6 is 22.9 Å². The molecule has 0 aromatic carbocycles. The van der Waals surface area contributed by atoms with Crippen molar-refractivity contribution in [1.29, 1.82) is 0 Å². The maximum Gasteiger partial charge on any atom is 0.300 e. The summed E-state index contributed by atoms with van der Waals surface area (Å²) < 4.78 is 26.2. The van der Waals surface area contributed by atoms with Gasteiger partial charge in [-0.25, -0.2) is 8.42 Å². The zero-order valence-electron chi connectivity index (χ0n) is 10.9. The number of hydrogen-bond donors (Lipinski definition) is 0. The van der Waals surface area contributed by atoms with Crippen LogP contribution in [0.2, 0.25) is 4.34 Å². The molecule has 1 aromatic rings. The fourth-order valence-corrected chi connectivity index (χ4v) is 5.67. The minimum Gasteiger partial charge on any atom is -0.258 e. The van der Waals surface area contributed by atoms with Crippen LogP contribution in [0.1, 0.15) is 26.2 Å². The monoisotopic (exact) mass is 338 g/mol. The third kappa shape index (κ3) is 2.98. The van der Waals surface area contributed by atoms with Crippen molar-refractivity contribution in [2.24, 2.45) is 5.92 Å². The van der Waals surface area contributed by atoms with Crippen LogP contribution in [-0.4, -0.2) is 30.7 Å². The largest absolute Gasteiger partial charge is 0.300 e. The van der Waals surface area contributed by atoms with E-state index in [0.717, 1.165) is 36.7 Å². The molecular weight excluding hydrogens is 324 g/mol.